The minimum absolute atomic E-state index is 0.0122. The molecule has 0 unspecified atom stereocenters. The van der Waals surface area contributed by atoms with Crippen LogP contribution in [0.1, 0.15) is 21.5 Å². The Kier molecular flexibility index (Phi) is 5.37. The zero-order valence-electron chi connectivity index (χ0n) is 14.6. The maximum absolute atomic E-state index is 13.2. The number of hydrogen-bond acceptors (Lipinski definition) is 3. The lowest BCUT2D eigenvalue weighted by atomic mass is 10.1. The van der Waals surface area contributed by atoms with Gasteiger partial charge in [0.05, 0.1) is 22.6 Å². The molecule has 1 heterocycles. The van der Waals surface area contributed by atoms with Crippen LogP contribution in [0.3, 0.4) is 0 Å². The van der Waals surface area contributed by atoms with Crippen molar-refractivity contribution in [1.29, 1.82) is 0 Å². The third-order valence-corrected chi connectivity index (χ3v) is 4.19. The first-order chi connectivity index (χ1) is 12.8. The first-order valence-corrected chi connectivity index (χ1v) is 8.47. The van der Waals surface area contributed by atoms with E-state index in [9.17, 15) is 13.6 Å². The van der Waals surface area contributed by atoms with Gasteiger partial charge < -0.3 is 10.6 Å². The van der Waals surface area contributed by atoms with E-state index in [0.29, 0.717) is 16.5 Å². The largest absolute Gasteiger partial charge is 0.339 e. The molecule has 27 heavy (non-hydrogen) atoms. The number of benzene rings is 2. The minimum Gasteiger partial charge on any atom is -0.339 e. The molecule has 0 radical (unpaired) electrons. The quantitative estimate of drug-likeness (QED) is 0.610. The molecule has 3 rings (SSSR count). The van der Waals surface area contributed by atoms with Crippen LogP contribution >= 0.6 is 11.6 Å². The lowest BCUT2D eigenvalue weighted by Gasteiger charge is -2.12. The standard InChI is InChI=1S/C20H16ClF2N3O/c1-11-7-12(2)19(15(21)8-11)26-18-6-4-14(10-24-18)25-20(27)13-3-5-16(22)17(23)9-13/h3-10H,1-2H3,(H,24,26)(H,25,27). The molecule has 3 aromatic rings. The Morgan fingerprint density at radius 2 is 1.81 bits per heavy atom. The van der Waals surface area contributed by atoms with Gasteiger partial charge in [0, 0.05) is 5.56 Å². The van der Waals surface area contributed by atoms with Crippen molar-refractivity contribution in [2.75, 3.05) is 10.6 Å². The van der Waals surface area contributed by atoms with E-state index < -0.39 is 17.5 Å². The number of hydrogen-bond donors (Lipinski definition) is 2. The lowest BCUT2D eigenvalue weighted by Crippen LogP contribution is -2.12. The normalized spacial score (nSPS) is 10.6. The summed E-state index contributed by atoms with van der Waals surface area (Å²) in [5.41, 5.74) is 3.23. The SMILES string of the molecule is Cc1cc(C)c(Nc2ccc(NC(=O)c3ccc(F)c(F)c3)cn2)c(Cl)c1. The van der Waals surface area contributed by atoms with Crippen LogP contribution < -0.4 is 10.6 Å². The molecule has 0 bridgehead atoms. The second-order valence-electron chi connectivity index (χ2n) is 6.08. The number of rotatable bonds is 4. The molecule has 7 heteroatoms. The van der Waals surface area contributed by atoms with E-state index in [1.54, 1.807) is 12.1 Å². The topological polar surface area (TPSA) is 54.0 Å². The Morgan fingerprint density at radius 1 is 1.04 bits per heavy atom. The van der Waals surface area contributed by atoms with Crippen LogP contribution in [0.4, 0.5) is 26.0 Å². The molecule has 2 N–H and O–H groups in total. The molecule has 1 aromatic heterocycles. The molecule has 0 spiro atoms. The summed E-state index contributed by atoms with van der Waals surface area (Å²) in [4.78, 5) is 16.4. The van der Waals surface area contributed by atoms with Crippen molar-refractivity contribution in [2.24, 2.45) is 0 Å². The van der Waals surface area contributed by atoms with Gasteiger partial charge >= 0.3 is 0 Å². The summed E-state index contributed by atoms with van der Waals surface area (Å²) in [6.07, 6.45) is 1.46. The highest BCUT2D eigenvalue weighted by molar-refractivity contribution is 6.33. The predicted molar refractivity (Wildman–Crippen MR) is 103 cm³/mol. The van der Waals surface area contributed by atoms with Gasteiger partial charge in [-0.1, -0.05) is 17.7 Å². The smallest absolute Gasteiger partial charge is 0.255 e. The summed E-state index contributed by atoms with van der Waals surface area (Å²) in [5, 5.41) is 6.32. The van der Waals surface area contributed by atoms with Gasteiger partial charge in [-0.25, -0.2) is 13.8 Å². The Balaban J connectivity index is 1.72. The summed E-state index contributed by atoms with van der Waals surface area (Å²) in [6.45, 7) is 3.91. The third-order valence-electron chi connectivity index (χ3n) is 3.89. The first kappa shape index (κ1) is 18.8. The molecule has 2 aromatic carbocycles. The summed E-state index contributed by atoms with van der Waals surface area (Å²) in [6, 6.07) is 10.1. The van der Waals surface area contributed by atoms with E-state index in [2.05, 4.69) is 15.6 Å². The Morgan fingerprint density at radius 3 is 2.44 bits per heavy atom. The van der Waals surface area contributed by atoms with Crippen LogP contribution in [0.2, 0.25) is 5.02 Å². The molecule has 0 aliphatic rings. The van der Waals surface area contributed by atoms with Gasteiger partial charge in [0.25, 0.3) is 5.91 Å². The second-order valence-corrected chi connectivity index (χ2v) is 6.49. The fourth-order valence-corrected chi connectivity index (χ4v) is 2.95. The highest BCUT2D eigenvalue weighted by Gasteiger charge is 2.11. The molecular formula is C20H16ClF2N3O. The van der Waals surface area contributed by atoms with Crippen molar-refractivity contribution in [1.82, 2.24) is 4.98 Å². The number of pyridine rings is 1. The Hall–Kier alpha value is -2.99. The second kappa shape index (κ2) is 7.72. The number of carbonyl (C=O) groups is 1. The summed E-state index contributed by atoms with van der Waals surface area (Å²) >= 11 is 6.27. The summed E-state index contributed by atoms with van der Waals surface area (Å²) in [7, 11) is 0. The molecule has 0 atom stereocenters. The van der Waals surface area contributed by atoms with Crippen molar-refractivity contribution in [3.63, 3.8) is 0 Å². The predicted octanol–water partition coefficient (Wildman–Crippen LogP) is 5.63. The third kappa shape index (κ3) is 4.41. The molecule has 0 fully saturated rings. The zero-order chi connectivity index (χ0) is 19.6. The number of nitrogens with one attached hydrogen (secondary N) is 2. The van der Waals surface area contributed by atoms with Crippen LogP contribution in [-0.4, -0.2) is 10.9 Å². The van der Waals surface area contributed by atoms with E-state index in [1.165, 1.54) is 12.3 Å². The van der Waals surface area contributed by atoms with Crippen molar-refractivity contribution in [3.05, 3.63) is 82.0 Å². The van der Waals surface area contributed by atoms with Crippen LogP contribution in [0.5, 0.6) is 0 Å². The van der Waals surface area contributed by atoms with E-state index in [0.717, 1.165) is 28.9 Å². The number of anilines is 3. The van der Waals surface area contributed by atoms with E-state index in [1.807, 2.05) is 26.0 Å². The average Bonchev–Trinajstić information content (AvgIpc) is 2.61. The maximum Gasteiger partial charge on any atom is 0.255 e. The van der Waals surface area contributed by atoms with Crippen molar-refractivity contribution >= 4 is 34.7 Å². The van der Waals surface area contributed by atoms with E-state index in [-0.39, 0.29) is 5.56 Å². The number of aromatic nitrogens is 1. The van der Waals surface area contributed by atoms with Gasteiger partial charge in [-0.05, 0) is 61.4 Å². The number of halogens is 3. The van der Waals surface area contributed by atoms with Crippen molar-refractivity contribution in [3.8, 4) is 0 Å². The van der Waals surface area contributed by atoms with E-state index in [4.69, 9.17) is 11.6 Å². The fourth-order valence-electron chi connectivity index (χ4n) is 2.58. The molecule has 0 aliphatic carbocycles. The average molecular weight is 388 g/mol. The number of carbonyl (C=O) groups excluding carboxylic acids is 1. The highest BCUT2D eigenvalue weighted by atomic mass is 35.5. The monoisotopic (exact) mass is 387 g/mol. The van der Waals surface area contributed by atoms with Crippen LogP contribution in [0, 0.1) is 25.5 Å². The number of amides is 1. The lowest BCUT2D eigenvalue weighted by molar-refractivity contribution is 0.102. The zero-order valence-corrected chi connectivity index (χ0v) is 15.4. The van der Waals surface area contributed by atoms with Crippen LogP contribution in [-0.2, 0) is 0 Å². The fraction of sp³-hybridized carbons (Fsp3) is 0.100. The number of aryl methyl sites for hydroxylation is 2. The van der Waals surface area contributed by atoms with Gasteiger partial charge in [0.15, 0.2) is 11.6 Å². The van der Waals surface area contributed by atoms with Crippen LogP contribution in [0.25, 0.3) is 0 Å². The molecule has 138 valence electrons. The molecular weight excluding hydrogens is 372 g/mol. The van der Waals surface area contributed by atoms with Crippen LogP contribution in [0.15, 0.2) is 48.7 Å². The Bertz CT molecular complexity index is 984. The molecule has 1 amide bonds. The van der Waals surface area contributed by atoms with Gasteiger partial charge in [-0.15, -0.1) is 0 Å². The van der Waals surface area contributed by atoms with Gasteiger partial charge in [-0.2, -0.15) is 0 Å². The van der Waals surface area contributed by atoms with Gasteiger partial charge in [-0.3, -0.25) is 4.79 Å². The van der Waals surface area contributed by atoms with Crippen molar-refractivity contribution < 1.29 is 13.6 Å². The highest BCUT2D eigenvalue weighted by Crippen LogP contribution is 2.29. The Labute approximate surface area is 160 Å². The van der Waals surface area contributed by atoms with Gasteiger partial charge in [0.1, 0.15) is 5.82 Å². The molecule has 0 saturated carbocycles. The van der Waals surface area contributed by atoms with E-state index >= 15 is 0 Å². The molecule has 0 saturated heterocycles. The number of nitrogens with zero attached hydrogens (tertiary/aromatic N) is 1. The first-order valence-electron chi connectivity index (χ1n) is 8.09. The van der Waals surface area contributed by atoms with Gasteiger partial charge in [0.2, 0.25) is 0 Å². The maximum atomic E-state index is 13.2. The molecule has 4 nitrogen and oxygen atoms in total. The minimum atomic E-state index is -1.08. The molecule has 0 aliphatic heterocycles. The summed E-state index contributed by atoms with van der Waals surface area (Å²) in [5.74, 6) is -2.09. The van der Waals surface area contributed by atoms with Crippen molar-refractivity contribution in [2.45, 2.75) is 13.8 Å². The summed E-state index contributed by atoms with van der Waals surface area (Å²) < 4.78 is 26.2.